The second-order valence-corrected chi connectivity index (χ2v) is 7.44. The minimum Gasteiger partial charge on any atom is -0.481 e. The molecule has 4 heteroatoms. The Hall–Kier alpha value is -1.06. The van der Waals surface area contributed by atoms with Crippen molar-refractivity contribution in [2.75, 3.05) is 0 Å². The molecular weight excluding hydrogens is 280 g/mol. The molecule has 1 rings (SSSR count). The standard InChI is InChI=1S/C18H32O4/c1-12(2)7-5-10-16(13(3)4)22-18(21)15-9-6-8-14(11-15)17(19)20/h12-16H,5-11H2,1-4H3,(H,19,20). The van der Waals surface area contributed by atoms with Crippen molar-refractivity contribution in [1.82, 2.24) is 0 Å². The van der Waals surface area contributed by atoms with E-state index in [-0.39, 0.29) is 23.9 Å². The lowest BCUT2D eigenvalue weighted by Gasteiger charge is -2.28. The van der Waals surface area contributed by atoms with Crippen molar-refractivity contribution < 1.29 is 19.4 Å². The van der Waals surface area contributed by atoms with Crippen molar-refractivity contribution >= 4 is 11.9 Å². The molecule has 0 aromatic rings. The topological polar surface area (TPSA) is 63.6 Å². The number of ether oxygens (including phenoxy) is 1. The second-order valence-electron chi connectivity index (χ2n) is 7.44. The van der Waals surface area contributed by atoms with Crippen LogP contribution in [0.2, 0.25) is 0 Å². The van der Waals surface area contributed by atoms with Gasteiger partial charge in [0, 0.05) is 0 Å². The molecule has 1 aliphatic carbocycles. The third-order valence-corrected chi connectivity index (χ3v) is 4.64. The Kier molecular flexibility index (Phi) is 7.91. The van der Waals surface area contributed by atoms with Crippen LogP contribution in [0.25, 0.3) is 0 Å². The summed E-state index contributed by atoms with van der Waals surface area (Å²) in [4.78, 5) is 23.5. The van der Waals surface area contributed by atoms with E-state index in [1.54, 1.807) is 0 Å². The van der Waals surface area contributed by atoms with Gasteiger partial charge in [-0.1, -0.05) is 40.5 Å². The van der Waals surface area contributed by atoms with Crippen molar-refractivity contribution in [3.63, 3.8) is 0 Å². The maximum absolute atomic E-state index is 12.4. The molecule has 128 valence electrons. The molecule has 0 aromatic heterocycles. The predicted octanol–water partition coefficient (Wildman–Crippen LogP) is 4.27. The number of hydrogen-bond donors (Lipinski definition) is 1. The van der Waals surface area contributed by atoms with E-state index in [1.165, 1.54) is 0 Å². The SMILES string of the molecule is CC(C)CCCC(OC(=O)C1CCCC(C(=O)O)C1)C(C)C. The molecule has 0 heterocycles. The maximum Gasteiger partial charge on any atom is 0.309 e. The summed E-state index contributed by atoms with van der Waals surface area (Å²) in [7, 11) is 0. The fourth-order valence-electron chi connectivity index (χ4n) is 3.13. The first-order valence-corrected chi connectivity index (χ1v) is 8.74. The average Bonchev–Trinajstić information content (AvgIpc) is 2.45. The van der Waals surface area contributed by atoms with E-state index in [0.29, 0.717) is 24.7 Å². The monoisotopic (exact) mass is 312 g/mol. The lowest BCUT2D eigenvalue weighted by Crippen LogP contribution is -2.32. The summed E-state index contributed by atoms with van der Waals surface area (Å²) >= 11 is 0. The van der Waals surface area contributed by atoms with Gasteiger partial charge in [-0.2, -0.15) is 0 Å². The summed E-state index contributed by atoms with van der Waals surface area (Å²) in [5.41, 5.74) is 0. The lowest BCUT2D eigenvalue weighted by molar-refractivity contribution is -0.159. The number of carbonyl (C=O) groups excluding carboxylic acids is 1. The summed E-state index contributed by atoms with van der Waals surface area (Å²) < 4.78 is 5.73. The first-order chi connectivity index (χ1) is 10.3. The molecule has 22 heavy (non-hydrogen) atoms. The van der Waals surface area contributed by atoms with Crippen LogP contribution in [0.15, 0.2) is 0 Å². The van der Waals surface area contributed by atoms with Gasteiger partial charge in [0.1, 0.15) is 6.10 Å². The molecule has 1 aliphatic rings. The van der Waals surface area contributed by atoms with E-state index in [1.807, 2.05) is 0 Å². The molecule has 0 aliphatic heterocycles. The Morgan fingerprint density at radius 1 is 1.09 bits per heavy atom. The van der Waals surface area contributed by atoms with Crippen molar-refractivity contribution in [2.24, 2.45) is 23.7 Å². The highest BCUT2D eigenvalue weighted by Crippen LogP contribution is 2.31. The van der Waals surface area contributed by atoms with Crippen LogP contribution in [-0.4, -0.2) is 23.1 Å². The number of rotatable bonds is 8. The zero-order valence-corrected chi connectivity index (χ0v) is 14.5. The van der Waals surface area contributed by atoms with Gasteiger partial charge in [-0.05, 0) is 43.9 Å². The zero-order chi connectivity index (χ0) is 16.7. The molecule has 0 bridgehead atoms. The maximum atomic E-state index is 12.4. The van der Waals surface area contributed by atoms with Gasteiger partial charge in [-0.3, -0.25) is 9.59 Å². The smallest absolute Gasteiger partial charge is 0.309 e. The number of aliphatic carboxylic acids is 1. The van der Waals surface area contributed by atoms with E-state index < -0.39 is 5.97 Å². The molecule has 0 saturated heterocycles. The van der Waals surface area contributed by atoms with E-state index in [2.05, 4.69) is 27.7 Å². The summed E-state index contributed by atoms with van der Waals surface area (Å²) in [6.45, 7) is 8.55. The molecular formula is C18H32O4. The third kappa shape index (κ3) is 6.37. The average molecular weight is 312 g/mol. The molecule has 4 nitrogen and oxygen atoms in total. The van der Waals surface area contributed by atoms with Crippen molar-refractivity contribution in [3.05, 3.63) is 0 Å². The number of carboxylic acids is 1. The lowest BCUT2D eigenvalue weighted by atomic mass is 9.81. The highest BCUT2D eigenvalue weighted by atomic mass is 16.5. The van der Waals surface area contributed by atoms with E-state index >= 15 is 0 Å². The molecule has 0 radical (unpaired) electrons. The fourth-order valence-corrected chi connectivity index (χ4v) is 3.13. The van der Waals surface area contributed by atoms with Gasteiger partial charge < -0.3 is 9.84 Å². The molecule has 1 fully saturated rings. The van der Waals surface area contributed by atoms with Crippen LogP contribution in [0, 0.1) is 23.7 Å². The third-order valence-electron chi connectivity index (χ3n) is 4.64. The van der Waals surface area contributed by atoms with E-state index in [4.69, 9.17) is 9.84 Å². The molecule has 0 amide bonds. The molecule has 3 unspecified atom stereocenters. The summed E-state index contributed by atoms with van der Waals surface area (Å²) in [5, 5.41) is 9.12. The van der Waals surface area contributed by atoms with Crippen LogP contribution >= 0.6 is 0 Å². The van der Waals surface area contributed by atoms with Gasteiger partial charge in [0.05, 0.1) is 11.8 Å². The predicted molar refractivity (Wildman–Crippen MR) is 86.5 cm³/mol. The Bertz CT molecular complexity index is 362. The van der Waals surface area contributed by atoms with Gasteiger partial charge >= 0.3 is 11.9 Å². The van der Waals surface area contributed by atoms with Crippen LogP contribution < -0.4 is 0 Å². The van der Waals surface area contributed by atoms with Gasteiger partial charge in [0.2, 0.25) is 0 Å². The largest absolute Gasteiger partial charge is 0.481 e. The molecule has 1 N–H and O–H groups in total. The number of carbonyl (C=O) groups is 2. The minimum atomic E-state index is -0.783. The summed E-state index contributed by atoms with van der Waals surface area (Å²) in [6.07, 6.45) is 5.75. The molecule has 0 spiro atoms. The second kappa shape index (κ2) is 9.16. The normalized spacial score (nSPS) is 23.5. The van der Waals surface area contributed by atoms with Gasteiger partial charge in [-0.15, -0.1) is 0 Å². The molecule has 3 atom stereocenters. The zero-order valence-electron chi connectivity index (χ0n) is 14.5. The Balaban J connectivity index is 2.50. The van der Waals surface area contributed by atoms with Crippen LogP contribution in [0.4, 0.5) is 0 Å². The highest BCUT2D eigenvalue weighted by Gasteiger charge is 2.33. The van der Waals surface area contributed by atoms with Gasteiger partial charge in [0.15, 0.2) is 0 Å². The first kappa shape index (κ1) is 19.0. The van der Waals surface area contributed by atoms with Gasteiger partial charge in [0.25, 0.3) is 0 Å². The number of carboxylic acid groups (broad SMARTS) is 1. The Labute approximate surface area is 134 Å². The van der Waals surface area contributed by atoms with Crippen LogP contribution in [0.3, 0.4) is 0 Å². The van der Waals surface area contributed by atoms with Crippen LogP contribution in [-0.2, 0) is 14.3 Å². The first-order valence-electron chi connectivity index (χ1n) is 8.74. The minimum absolute atomic E-state index is 0.0449. The van der Waals surface area contributed by atoms with Gasteiger partial charge in [-0.25, -0.2) is 0 Å². The molecule has 0 aromatic carbocycles. The summed E-state index contributed by atoms with van der Waals surface area (Å²) in [5.74, 6) is -0.622. The van der Waals surface area contributed by atoms with E-state index in [0.717, 1.165) is 32.1 Å². The number of esters is 1. The highest BCUT2D eigenvalue weighted by molar-refractivity contribution is 5.75. The Morgan fingerprint density at radius 2 is 1.73 bits per heavy atom. The van der Waals surface area contributed by atoms with E-state index in [9.17, 15) is 9.59 Å². The quantitative estimate of drug-likeness (QED) is 0.680. The van der Waals surface area contributed by atoms with Crippen molar-refractivity contribution in [3.8, 4) is 0 Å². The van der Waals surface area contributed by atoms with Crippen molar-refractivity contribution in [1.29, 1.82) is 0 Å². The Morgan fingerprint density at radius 3 is 2.27 bits per heavy atom. The summed E-state index contributed by atoms with van der Waals surface area (Å²) in [6, 6.07) is 0. The fraction of sp³-hybridized carbons (Fsp3) is 0.889. The van der Waals surface area contributed by atoms with Crippen molar-refractivity contribution in [2.45, 2.75) is 78.7 Å². The van der Waals surface area contributed by atoms with Crippen LogP contribution in [0.1, 0.15) is 72.6 Å². The van der Waals surface area contributed by atoms with Crippen LogP contribution in [0.5, 0.6) is 0 Å². The number of hydrogen-bond acceptors (Lipinski definition) is 3. The molecule has 1 saturated carbocycles.